The van der Waals surface area contributed by atoms with E-state index in [1.54, 1.807) is 12.3 Å². The first-order valence-electron chi connectivity index (χ1n) is 3.34. The fourth-order valence-electron chi connectivity index (χ4n) is 0.782. The maximum absolute atomic E-state index is 5.72. The molecule has 1 aromatic heterocycles. The molecule has 1 rings (SSSR count). The summed E-state index contributed by atoms with van der Waals surface area (Å²) in [4.78, 5) is 4.16. The molecule has 2 nitrogen and oxygen atoms in total. The van der Waals surface area contributed by atoms with Crippen LogP contribution < -0.4 is 5.73 Å². The number of nitrogens with zero attached hydrogens (tertiary/aromatic N) is 1. The first-order valence-corrected chi connectivity index (χ1v) is 4.93. The lowest BCUT2D eigenvalue weighted by Crippen LogP contribution is -2.09. The lowest BCUT2D eigenvalue weighted by molar-refractivity contribution is 0.855. The van der Waals surface area contributed by atoms with Gasteiger partial charge in [-0.2, -0.15) is 0 Å². The number of halogens is 2. The molecule has 12 heavy (non-hydrogen) atoms. The molecule has 1 atom stereocenters. The molecule has 64 valence electrons. The fraction of sp³-hybridized carbons (Fsp3) is 0.125. The van der Waals surface area contributed by atoms with Crippen molar-refractivity contribution in [3.05, 3.63) is 39.6 Å². The normalized spacial score (nSPS) is 12.6. The zero-order valence-electron chi connectivity index (χ0n) is 6.30. The van der Waals surface area contributed by atoms with E-state index in [9.17, 15) is 0 Å². The summed E-state index contributed by atoms with van der Waals surface area (Å²) in [7, 11) is 0. The Morgan fingerprint density at radius 1 is 1.58 bits per heavy atom. The summed E-state index contributed by atoms with van der Waals surface area (Å²) in [6, 6.07) is 1.69. The van der Waals surface area contributed by atoms with Crippen molar-refractivity contribution >= 4 is 31.9 Å². The van der Waals surface area contributed by atoms with E-state index in [4.69, 9.17) is 5.73 Å². The van der Waals surface area contributed by atoms with Gasteiger partial charge in [0.05, 0.1) is 11.7 Å². The molecule has 0 saturated carbocycles. The van der Waals surface area contributed by atoms with E-state index in [2.05, 4.69) is 43.4 Å². The molecular weight excluding hydrogens is 284 g/mol. The molecule has 0 aliphatic heterocycles. The third-order valence-electron chi connectivity index (χ3n) is 1.41. The zero-order valence-corrected chi connectivity index (χ0v) is 9.47. The van der Waals surface area contributed by atoms with Gasteiger partial charge in [0.2, 0.25) is 0 Å². The van der Waals surface area contributed by atoms with Crippen molar-refractivity contribution in [2.24, 2.45) is 5.73 Å². The molecule has 0 unspecified atom stereocenters. The van der Waals surface area contributed by atoms with Gasteiger partial charge < -0.3 is 5.73 Å². The summed E-state index contributed by atoms with van der Waals surface area (Å²) in [5.74, 6) is 0. The topological polar surface area (TPSA) is 38.9 Å². The maximum Gasteiger partial charge on any atom is 0.0752 e. The Labute approximate surface area is 88.1 Å². The molecule has 0 fully saturated rings. The van der Waals surface area contributed by atoms with Crippen LogP contribution in [0.4, 0.5) is 0 Å². The van der Waals surface area contributed by atoms with Crippen molar-refractivity contribution in [2.75, 3.05) is 0 Å². The van der Waals surface area contributed by atoms with Gasteiger partial charge in [-0.25, -0.2) is 0 Å². The Morgan fingerprint density at radius 3 is 2.75 bits per heavy atom. The summed E-state index contributed by atoms with van der Waals surface area (Å²) in [5, 5.41) is 0. The van der Waals surface area contributed by atoms with Gasteiger partial charge in [0, 0.05) is 15.1 Å². The molecule has 0 aromatic carbocycles. The van der Waals surface area contributed by atoms with Crippen LogP contribution in [0.15, 0.2) is 33.9 Å². The first-order chi connectivity index (χ1) is 5.65. The van der Waals surface area contributed by atoms with Crippen molar-refractivity contribution in [2.45, 2.75) is 6.04 Å². The molecule has 0 amide bonds. The lowest BCUT2D eigenvalue weighted by Gasteiger charge is -2.07. The van der Waals surface area contributed by atoms with E-state index in [0.717, 1.165) is 14.6 Å². The average molecular weight is 292 g/mol. The predicted molar refractivity (Wildman–Crippen MR) is 56.8 cm³/mol. The molecular formula is C8H8Br2N2. The Bertz CT molecular complexity index is 299. The largest absolute Gasteiger partial charge is 0.319 e. The molecule has 0 bridgehead atoms. The third-order valence-corrected chi connectivity index (χ3v) is 2.47. The van der Waals surface area contributed by atoms with Crippen LogP contribution in [0, 0.1) is 0 Å². The second-order valence-electron chi connectivity index (χ2n) is 2.28. The van der Waals surface area contributed by atoms with Crippen molar-refractivity contribution in [3.8, 4) is 0 Å². The summed E-state index contributed by atoms with van der Waals surface area (Å²) in [5.41, 5.74) is 6.52. The van der Waals surface area contributed by atoms with Gasteiger partial charge in [0.1, 0.15) is 0 Å². The number of aromatic nitrogens is 1. The van der Waals surface area contributed by atoms with Gasteiger partial charge in [0.15, 0.2) is 0 Å². The Kier molecular flexibility index (Phi) is 3.43. The Hall–Kier alpha value is -0.190. The molecule has 1 aromatic rings. The molecule has 0 radical (unpaired) electrons. The van der Waals surface area contributed by atoms with Crippen LogP contribution in [0.25, 0.3) is 0 Å². The van der Waals surface area contributed by atoms with Crippen molar-refractivity contribution < 1.29 is 0 Å². The maximum atomic E-state index is 5.72. The average Bonchev–Trinajstić information content (AvgIpc) is 2.03. The van der Waals surface area contributed by atoms with Crippen LogP contribution in [0.3, 0.4) is 0 Å². The van der Waals surface area contributed by atoms with Gasteiger partial charge >= 0.3 is 0 Å². The Morgan fingerprint density at radius 2 is 2.25 bits per heavy atom. The van der Waals surface area contributed by atoms with Crippen LogP contribution in [0.2, 0.25) is 0 Å². The number of nitrogens with two attached hydrogens (primary N) is 1. The van der Waals surface area contributed by atoms with Gasteiger partial charge in [-0.3, -0.25) is 4.98 Å². The molecule has 2 N–H and O–H groups in total. The SMILES string of the molecule is C=C[C@H](N)c1ncc(Br)cc1Br. The monoisotopic (exact) mass is 290 g/mol. The van der Waals surface area contributed by atoms with E-state index >= 15 is 0 Å². The van der Waals surface area contributed by atoms with Crippen LogP contribution in [-0.4, -0.2) is 4.98 Å². The van der Waals surface area contributed by atoms with Crippen LogP contribution in [-0.2, 0) is 0 Å². The first kappa shape index (κ1) is 9.89. The number of rotatable bonds is 2. The van der Waals surface area contributed by atoms with Crippen molar-refractivity contribution in [1.82, 2.24) is 4.98 Å². The third kappa shape index (κ3) is 2.15. The summed E-state index contributed by atoms with van der Waals surface area (Å²) in [6.07, 6.45) is 3.37. The van der Waals surface area contributed by atoms with Gasteiger partial charge in [-0.05, 0) is 37.9 Å². The molecule has 0 spiro atoms. The van der Waals surface area contributed by atoms with Crippen LogP contribution in [0.1, 0.15) is 11.7 Å². The quantitative estimate of drug-likeness (QED) is 0.851. The van der Waals surface area contributed by atoms with Crippen LogP contribution in [0.5, 0.6) is 0 Å². The Balaban J connectivity index is 3.09. The highest BCUT2D eigenvalue weighted by molar-refractivity contribution is 9.11. The number of hydrogen-bond donors (Lipinski definition) is 1. The smallest absolute Gasteiger partial charge is 0.0752 e. The molecule has 0 aliphatic carbocycles. The minimum Gasteiger partial charge on any atom is -0.319 e. The highest BCUT2D eigenvalue weighted by Crippen LogP contribution is 2.23. The highest BCUT2D eigenvalue weighted by atomic mass is 79.9. The predicted octanol–water partition coefficient (Wildman–Crippen LogP) is 2.79. The number of pyridine rings is 1. The molecule has 1 heterocycles. The standard InChI is InChI=1S/C8H8Br2N2/c1-2-7(11)8-6(10)3-5(9)4-12-8/h2-4,7H,1,11H2/t7-/m0/s1. The van der Waals surface area contributed by atoms with E-state index in [0.29, 0.717) is 0 Å². The van der Waals surface area contributed by atoms with Gasteiger partial charge in [-0.15, -0.1) is 6.58 Å². The fourth-order valence-corrected chi connectivity index (χ4v) is 2.03. The van der Waals surface area contributed by atoms with Crippen LogP contribution >= 0.6 is 31.9 Å². The highest BCUT2D eigenvalue weighted by Gasteiger charge is 2.07. The molecule has 0 saturated heterocycles. The second-order valence-corrected chi connectivity index (χ2v) is 4.05. The zero-order chi connectivity index (χ0) is 9.14. The minimum absolute atomic E-state index is 0.215. The van der Waals surface area contributed by atoms with Crippen molar-refractivity contribution in [3.63, 3.8) is 0 Å². The second kappa shape index (κ2) is 4.16. The van der Waals surface area contributed by atoms with E-state index in [1.165, 1.54) is 0 Å². The van der Waals surface area contributed by atoms with Crippen molar-refractivity contribution in [1.29, 1.82) is 0 Å². The molecule has 4 heteroatoms. The summed E-state index contributed by atoms with van der Waals surface area (Å²) >= 11 is 6.68. The summed E-state index contributed by atoms with van der Waals surface area (Å²) in [6.45, 7) is 3.60. The summed E-state index contributed by atoms with van der Waals surface area (Å²) < 4.78 is 1.82. The number of hydrogen-bond acceptors (Lipinski definition) is 2. The van der Waals surface area contributed by atoms with E-state index in [-0.39, 0.29) is 6.04 Å². The van der Waals surface area contributed by atoms with Gasteiger partial charge in [0.25, 0.3) is 0 Å². The van der Waals surface area contributed by atoms with Gasteiger partial charge in [-0.1, -0.05) is 6.08 Å². The van der Waals surface area contributed by atoms with E-state index < -0.39 is 0 Å². The minimum atomic E-state index is -0.215. The molecule has 0 aliphatic rings. The van der Waals surface area contributed by atoms with E-state index in [1.807, 2.05) is 6.07 Å². The lowest BCUT2D eigenvalue weighted by atomic mass is 10.2.